The normalized spacial score (nSPS) is 20.1. The minimum Gasteiger partial charge on any atom is -0.340 e. The number of halogens is 3. The molecule has 2 aliphatic rings. The average molecular weight is 496 g/mol. The topological polar surface area (TPSA) is 78.0 Å². The molecule has 2 fully saturated rings. The second kappa shape index (κ2) is 9.38. The summed E-state index contributed by atoms with van der Waals surface area (Å²) in [5, 5.41) is 0. The van der Waals surface area contributed by atoms with Crippen LogP contribution in [0.5, 0.6) is 0 Å². The van der Waals surface area contributed by atoms with E-state index < -0.39 is 32.6 Å². The fourth-order valence-electron chi connectivity index (χ4n) is 4.28. The SMILES string of the molecule is O=C1C[C@@H](C(=O)N2CCN(S(=O)(=O)c3cccc(C(F)(F)F)c3)CC2)CN1Cc1ccccc1. The van der Waals surface area contributed by atoms with Crippen molar-refractivity contribution in [2.75, 3.05) is 32.7 Å². The molecule has 0 aromatic heterocycles. The Balaban J connectivity index is 1.36. The third kappa shape index (κ3) is 5.10. The van der Waals surface area contributed by atoms with Crippen molar-refractivity contribution >= 4 is 21.8 Å². The Bertz CT molecular complexity index is 1160. The molecule has 0 N–H and O–H groups in total. The van der Waals surface area contributed by atoms with Crippen LogP contribution in [0.2, 0.25) is 0 Å². The predicted molar refractivity (Wildman–Crippen MR) is 117 cm³/mol. The van der Waals surface area contributed by atoms with Gasteiger partial charge in [0.25, 0.3) is 0 Å². The molecule has 4 rings (SSSR count). The highest BCUT2D eigenvalue weighted by Crippen LogP contribution is 2.31. The van der Waals surface area contributed by atoms with Gasteiger partial charge in [0, 0.05) is 45.7 Å². The van der Waals surface area contributed by atoms with Crippen molar-refractivity contribution in [1.82, 2.24) is 14.1 Å². The van der Waals surface area contributed by atoms with Crippen LogP contribution in [0.4, 0.5) is 13.2 Å². The molecular formula is C23H24F3N3O4S. The Kier molecular flexibility index (Phi) is 6.68. The fourth-order valence-corrected chi connectivity index (χ4v) is 5.75. The largest absolute Gasteiger partial charge is 0.416 e. The summed E-state index contributed by atoms with van der Waals surface area (Å²) in [6, 6.07) is 13.1. The zero-order valence-corrected chi connectivity index (χ0v) is 19.1. The zero-order valence-electron chi connectivity index (χ0n) is 18.2. The molecule has 2 saturated heterocycles. The molecule has 2 aliphatic heterocycles. The van der Waals surface area contributed by atoms with Crippen LogP contribution in [-0.2, 0) is 32.3 Å². The number of benzene rings is 2. The van der Waals surface area contributed by atoms with E-state index in [4.69, 9.17) is 0 Å². The summed E-state index contributed by atoms with van der Waals surface area (Å²) >= 11 is 0. The number of amides is 2. The fraction of sp³-hybridized carbons (Fsp3) is 0.391. The Morgan fingerprint density at radius 3 is 2.29 bits per heavy atom. The van der Waals surface area contributed by atoms with E-state index in [-0.39, 0.29) is 44.4 Å². The van der Waals surface area contributed by atoms with E-state index in [1.807, 2.05) is 30.3 Å². The minimum absolute atomic E-state index is 0.0291. The van der Waals surface area contributed by atoms with Gasteiger partial charge >= 0.3 is 6.18 Å². The van der Waals surface area contributed by atoms with Crippen LogP contribution in [0.3, 0.4) is 0 Å². The van der Waals surface area contributed by atoms with Crippen LogP contribution < -0.4 is 0 Å². The predicted octanol–water partition coefficient (Wildman–Crippen LogP) is 2.59. The van der Waals surface area contributed by atoms with Gasteiger partial charge in [-0.1, -0.05) is 36.4 Å². The van der Waals surface area contributed by atoms with Gasteiger partial charge in [0.1, 0.15) is 0 Å². The van der Waals surface area contributed by atoms with Crippen LogP contribution in [0.25, 0.3) is 0 Å². The molecule has 2 heterocycles. The summed E-state index contributed by atoms with van der Waals surface area (Å²) in [6.45, 7) is 0.889. The Labute approximate surface area is 195 Å². The van der Waals surface area contributed by atoms with Crippen molar-refractivity contribution in [3.63, 3.8) is 0 Å². The van der Waals surface area contributed by atoms with E-state index >= 15 is 0 Å². The Morgan fingerprint density at radius 2 is 1.65 bits per heavy atom. The number of hydrogen-bond donors (Lipinski definition) is 0. The number of rotatable bonds is 5. The van der Waals surface area contributed by atoms with Crippen molar-refractivity contribution in [3.05, 3.63) is 65.7 Å². The van der Waals surface area contributed by atoms with Crippen molar-refractivity contribution in [2.24, 2.45) is 5.92 Å². The molecule has 0 aliphatic carbocycles. The maximum atomic E-state index is 13.0. The third-order valence-electron chi connectivity index (χ3n) is 6.13. The van der Waals surface area contributed by atoms with E-state index in [1.165, 1.54) is 4.90 Å². The van der Waals surface area contributed by atoms with E-state index in [0.717, 1.165) is 28.1 Å². The van der Waals surface area contributed by atoms with Crippen LogP contribution in [0, 0.1) is 5.92 Å². The lowest BCUT2D eigenvalue weighted by atomic mass is 10.1. The highest BCUT2D eigenvalue weighted by atomic mass is 32.2. The average Bonchev–Trinajstić information content (AvgIpc) is 3.19. The first-order chi connectivity index (χ1) is 16.1. The summed E-state index contributed by atoms with van der Waals surface area (Å²) in [5.41, 5.74) is -0.0642. The van der Waals surface area contributed by atoms with Crippen LogP contribution >= 0.6 is 0 Å². The first-order valence-corrected chi connectivity index (χ1v) is 12.3. The number of sulfonamides is 1. The molecule has 0 radical (unpaired) electrons. The van der Waals surface area contributed by atoms with Crippen LogP contribution in [0.15, 0.2) is 59.5 Å². The maximum absolute atomic E-state index is 13.0. The summed E-state index contributed by atoms with van der Waals surface area (Å²) in [4.78, 5) is 28.1. The lowest BCUT2D eigenvalue weighted by Crippen LogP contribution is -2.52. The van der Waals surface area contributed by atoms with E-state index in [0.29, 0.717) is 19.2 Å². The first kappa shape index (κ1) is 24.2. The number of carbonyl (C=O) groups is 2. The van der Waals surface area contributed by atoms with Crippen LogP contribution in [-0.4, -0.2) is 67.1 Å². The number of carbonyl (C=O) groups excluding carboxylic acids is 2. The number of likely N-dealkylation sites (tertiary alicyclic amines) is 1. The van der Waals surface area contributed by atoms with Gasteiger partial charge in [0.2, 0.25) is 21.8 Å². The standard InChI is InChI=1S/C23H24F3N3O4S/c24-23(25,26)19-7-4-8-20(14-19)34(32,33)29-11-9-27(10-12-29)22(31)18-13-21(30)28(16-18)15-17-5-2-1-3-6-17/h1-8,14,18H,9-13,15-16H2/t18-/m1/s1. The lowest BCUT2D eigenvalue weighted by Gasteiger charge is -2.35. The van der Waals surface area contributed by atoms with Gasteiger partial charge in [-0.25, -0.2) is 8.42 Å². The second-order valence-electron chi connectivity index (χ2n) is 8.42. The molecule has 2 amide bonds. The van der Waals surface area contributed by atoms with Gasteiger partial charge in [-0.15, -0.1) is 0 Å². The second-order valence-corrected chi connectivity index (χ2v) is 10.4. The van der Waals surface area contributed by atoms with Crippen LogP contribution in [0.1, 0.15) is 17.5 Å². The van der Waals surface area contributed by atoms with Gasteiger partial charge < -0.3 is 9.80 Å². The highest BCUT2D eigenvalue weighted by molar-refractivity contribution is 7.89. The third-order valence-corrected chi connectivity index (χ3v) is 8.02. The first-order valence-electron chi connectivity index (χ1n) is 10.8. The zero-order chi connectivity index (χ0) is 24.5. The van der Waals surface area contributed by atoms with Gasteiger partial charge in [0.05, 0.1) is 16.4 Å². The molecule has 2 aromatic rings. The molecular weight excluding hydrogens is 471 g/mol. The van der Waals surface area contributed by atoms with Crippen molar-refractivity contribution in [1.29, 1.82) is 0 Å². The van der Waals surface area contributed by atoms with Crippen molar-refractivity contribution in [3.8, 4) is 0 Å². The van der Waals surface area contributed by atoms with E-state index in [9.17, 15) is 31.2 Å². The van der Waals surface area contributed by atoms with Crippen molar-refractivity contribution < 1.29 is 31.2 Å². The summed E-state index contributed by atoms with van der Waals surface area (Å²) < 4.78 is 65.8. The molecule has 7 nitrogen and oxygen atoms in total. The van der Waals surface area contributed by atoms with Gasteiger partial charge in [-0.2, -0.15) is 17.5 Å². The number of alkyl halides is 3. The summed E-state index contributed by atoms with van der Waals surface area (Å²) in [5.74, 6) is -0.809. The number of hydrogen-bond acceptors (Lipinski definition) is 4. The smallest absolute Gasteiger partial charge is 0.340 e. The van der Waals surface area contributed by atoms with Gasteiger partial charge in [-0.05, 0) is 23.8 Å². The molecule has 0 spiro atoms. The van der Waals surface area contributed by atoms with E-state index in [2.05, 4.69) is 0 Å². The Hall–Kier alpha value is -2.92. The number of piperazine rings is 1. The molecule has 0 saturated carbocycles. The summed E-state index contributed by atoms with van der Waals surface area (Å²) in [6.07, 6.45) is -4.54. The molecule has 182 valence electrons. The van der Waals surface area contributed by atoms with Crippen molar-refractivity contribution in [2.45, 2.75) is 24.0 Å². The quantitative estimate of drug-likeness (QED) is 0.639. The molecule has 11 heteroatoms. The minimum atomic E-state index is -4.65. The molecule has 2 aromatic carbocycles. The van der Waals surface area contributed by atoms with Gasteiger partial charge in [-0.3, -0.25) is 9.59 Å². The molecule has 1 atom stereocenters. The highest BCUT2D eigenvalue weighted by Gasteiger charge is 2.39. The lowest BCUT2D eigenvalue weighted by molar-refractivity contribution is -0.138. The Morgan fingerprint density at radius 1 is 0.971 bits per heavy atom. The summed E-state index contributed by atoms with van der Waals surface area (Å²) in [7, 11) is -4.13. The number of nitrogens with zero attached hydrogens (tertiary/aromatic N) is 3. The molecule has 34 heavy (non-hydrogen) atoms. The molecule has 0 unspecified atom stereocenters. The maximum Gasteiger partial charge on any atom is 0.416 e. The monoisotopic (exact) mass is 495 g/mol. The molecule has 0 bridgehead atoms. The van der Waals surface area contributed by atoms with Gasteiger partial charge in [0.15, 0.2) is 0 Å². The van der Waals surface area contributed by atoms with E-state index in [1.54, 1.807) is 4.90 Å².